The highest BCUT2D eigenvalue weighted by Crippen LogP contribution is 2.34. The number of hydrogen-bond donors (Lipinski definition) is 2. The lowest BCUT2D eigenvalue weighted by Crippen LogP contribution is -2.11. The molecule has 0 radical (unpaired) electrons. The number of halogens is 2. The third kappa shape index (κ3) is 3.49. The summed E-state index contributed by atoms with van der Waals surface area (Å²) < 4.78 is 13.1. The van der Waals surface area contributed by atoms with Crippen molar-refractivity contribution in [2.75, 3.05) is 11.1 Å². The number of carbonyl (C=O) groups is 1. The number of nitrogens with zero attached hydrogens (tertiary/aromatic N) is 1. The number of nitrogen functional groups attached to an aromatic ring is 1. The van der Waals surface area contributed by atoms with E-state index in [9.17, 15) is 9.18 Å². The molecule has 1 amide bonds. The van der Waals surface area contributed by atoms with Crippen LogP contribution in [0, 0.1) is 5.82 Å². The number of benzene rings is 2. The Labute approximate surface area is 163 Å². The van der Waals surface area contributed by atoms with Gasteiger partial charge in [0.05, 0.1) is 11.4 Å². The molecule has 3 N–H and O–H groups in total. The fraction of sp³-hybridized carbons (Fsp3) is 0. The van der Waals surface area contributed by atoms with Gasteiger partial charge in [-0.15, -0.1) is 11.3 Å². The quantitative estimate of drug-likeness (QED) is 0.473. The maximum atomic E-state index is 13.1. The van der Waals surface area contributed by atoms with Crippen molar-refractivity contribution >= 4 is 50.4 Å². The van der Waals surface area contributed by atoms with Crippen LogP contribution in [0.2, 0.25) is 5.02 Å². The van der Waals surface area contributed by atoms with Crippen LogP contribution >= 0.6 is 22.9 Å². The number of hydrogen-bond acceptors (Lipinski definition) is 4. The molecule has 2 aromatic carbocycles. The SMILES string of the molecule is Nc1c(C(=O)Nc2ccc(Cl)cc2)sc2nc(-c3ccc(F)cc3)ccc12. The zero-order chi connectivity index (χ0) is 19.0. The molecule has 0 atom stereocenters. The fourth-order valence-electron chi connectivity index (χ4n) is 2.67. The number of nitrogens with two attached hydrogens (primary N) is 1. The standard InChI is InChI=1S/C20H13ClFN3OS/c21-12-3-7-14(8-4-12)24-19(26)18-17(23)15-9-10-16(25-20(15)27-18)11-1-5-13(22)6-2-11/h1-10H,23H2,(H,24,26). The van der Waals surface area contributed by atoms with E-state index >= 15 is 0 Å². The number of aromatic nitrogens is 1. The lowest BCUT2D eigenvalue weighted by molar-refractivity contribution is 0.103. The zero-order valence-electron chi connectivity index (χ0n) is 13.9. The number of thiophene rings is 1. The number of anilines is 2. The topological polar surface area (TPSA) is 68.0 Å². The van der Waals surface area contributed by atoms with Crippen molar-refractivity contribution in [1.82, 2.24) is 4.98 Å². The third-order valence-corrected chi connectivity index (χ3v) is 5.41. The van der Waals surface area contributed by atoms with Crippen LogP contribution in [0.15, 0.2) is 60.7 Å². The van der Waals surface area contributed by atoms with Gasteiger partial charge < -0.3 is 11.1 Å². The Balaban J connectivity index is 1.67. The summed E-state index contributed by atoms with van der Waals surface area (Å²) in [5.41, 5.74) is 8.66. The second-order valence-electron chi connectivity index (χ2n) is 5.86. The van der Waals surface area contributed by atoms with Gasteiger partial charge in [-0.05, 0) is 60.7 Å². The molecule has 134 valence electrons. The van der Waals surface area contributed by atoms with Gasteiger partial charge in [0.2, 0.25) is 0 Å². The molecule has 4 rings (SSSR count). The Morgan fingerprint density at radius 2 is 1.74 bits per heavy atom. The minimum absolute atomic E-state index is 0.304. The fourth-order valence-corrected chi connectivity index (χ4v) is 3.78. The summed E-state index contributed by atoms with van der Waals surface area (Å²) in [5, 5.41) is 4.11. The van der Waals surface area contributed by atoms with E-state index in [1.165, 1.54) is 23.5 Å². The number of pyridine rings is 1. The molecular formula is C20H13ClFN3OS. The predicted molar refractivity (Wildman–Crippen MR) is 109 cm³/mol. The smallest absolute Gasteiger partial charge is 0.267 e. The number of carbonyl (C=O) groups excluding carboxylic acids is 1. The Morgan fingerprint density at radius 1 is 1.04 bits per heavy atom. The molecule has 0 bridgehead atoms. The van der Waals surface area contributed by atoms with Crippen LogP contribution in [0.4, 0.5) is 15.8 Å². The van der Waals surface area contributed by atoms with Crippen molar-refractivity contribution in [3.63, 3.8) is 0 Å². The summed E-state index contributed by atoms with van der Waals surface area (Å²) in [5.74, 6) is -0.609. The van der Waals surface area contributed by atoms with E-state index in [1.807, 2.05) is 6.07 Å². The monoisotopic (exact) mass is 397 g/mol. The molecule has 7 heteroatoms. The molecule has 0 saturated heterocycles. The molecule has 0 aliphatic rings. The van der Waals surface area contributed by atoms with E-state index < -0.39 is 0 Å². The number of fused-ring (bicyclic) bond motifs is 1. The van der Waals surface area contributed by atoms with Gasteiger partial charge in [0.15, 0.2) is 0 Å². The molecule has 2 heterocycles. The van der Waals surface area contributed by atoms with Crippen LogP contribution in [-0.2, 0) is 0 Å². The van der Waals surface area contributed by atoms with Crippen molar-refractivity contribution in [3.8, 4) is 11.3 Å². The van der Waals surface area contributed by atoms with Gasteiger partial charge >= 0.3 is 0 Å². The molecular weight excluding hydrogens is 385 g/mol. The lowest BCUT2D eigenvalue weighted by atomic mass is 10.1. The van der Waals surface area contributed by atoms with E-state index in [4.69, 9.17) is 17.3 Å². The summed E-state index contributed by atoms with van der Waals surface area (Å²) >= 11 is 7.08. The van der Waals surface area contributed by atoms with Crippen LogP contribution in [0.25, 0.3) is 21.5 Å². The Morgan fingerprint density at radius 3 is 2.44 bits per heavy atom. The van der Waals surface area contributed by atoms with E-state index in [0.717, 1.165) is 5.56 Å². The molecule has 4 nitrogen and oxygen atoms in total. The van der Waals surface area contributed by atoms with Gasteiger partial charge in [0.25, 0.3) is 5.91 Å². The molecule has 0 saturated carbocycles. The van der Waals surface area contributed by atoms with Gasteiger partial charge in [-0.3, -0.25) is 4.79 Å². The highest BCUT2D eigenvalue weighted by atomic mass is 35.5. The van der Waals surface area contributed by atoms with Crippen LogP contribution in [0.3, 0.4) is 0 Å². The van der Waals surface area contributed by atoms with Gasteiger partial charge in [-0.2, -0.15) is 0 Å². The summed E-state index contributed by atoms with van der Waals surface area (Å²) in [6, 6.07) is 16.5. The largest absolute Gasteiger partial charge is 0.397 e. The first-order valence-corrected chi connectivity index (χ1v) is 9.22. The number of amides is 1. The summed E-state index contributed by atoms with van der Waals surface area (Å²) in [6.07, 6.45) is 0. The Bertz CT molecular complexity index is 1140. The summed E-state index contributed by atoms with van der Waals surface area (Å²) in [6.45, 7) is 0. The van der Waals surface area contributed by atoms with Crippen molar-refractivity contribution in [1.29, 1.82) is 0 Å². The molecule has 27 heavy (non-hydrogen) atoms. The maximum absolute atomic E-state index is 13.1. The first kappa shape index (κ1) is 17.5. The molecule has 0 spiro atoms. The predicted octanol–water partition coefficient (Wildman–Crippen LogP) is 5.59. The van der Waals surface area contributed by atoms with Gasteiger partial charge in [-0.1, -0.05) is 11.6 Å². The van der Waals surface area contributed by atoms with Crippen molar-refractivity contribution < 1.29 is 9.18 Å². The molecule has 2 aromatic heterocycles. The van der Waals surface area contributed by atoms with Crippen LogP contribution in [-0.4, -0.2) is 10.9 Å². The highest BCUT2D eigenvalue weighted by molar-refractivity contribution is 7.21. The lowest BCUT2D eigenvalue weighted by Gasteiger charge is -2.04. The van der Waals surface area contributed by atoms with E-state index in [1.54, 1.807) is 42.5 Å². The first-order valence-electron chi connectivity index (χ1n) is 8.03. The van der Waals surface area contributed by atoms with Gasteiger partial charge in [0, 0.05) is 21.7 Å². The van der Waals surface area contributed by atoms with E-state index in [2.05, 4.69) is 10.3 Å². The van der Waals surface area contributed by atoms with Gasteiger partial charge in [0.1, 0.15) is 15.5 Å². The minimum atomic E-state index is -0.304. The van der Waals surface area contributed by atoms with Crippen molar-refractivity contribution in [2.45, 2.75) is 0 Å². The number of rotatable bonds is 3. The Kier molecular flexibility index (Phi) is 4.51. The van der Waals surface area contributed by atoms with Crippen molar-refractivity contribution in [2.24, 2.45) is 0 Å². The molecule has 0 aliphatic carbocycles. The number of nitrogens with one attached hydrogen (secondary N) is 1. The van der Waals surface area contributed by atoms with Crippen molar-refractivity contribution in [3.05, 3.63) is 76.4 Å². The summed E-state index contributed by atoms with van der Waals surface area (Å²) in [7, 11) is 0. The maximum Gasteiger partial charge on any atom is 0.267 e. The summed E-state index contributed by atoms with van der Waals surface area (Å²) in [4.78, 5) is 18.2. The normalized spacial score (nSPS) is 10.9. The molecule has 0 unspecified atom stereocenters. The highest BCUT2D eigenvalue weighted by Gasteiger charge is 2.18. The third-order valence-electron chi connectivity index (χ3n) is 4.04. The average Bonchev–Trinajstić information content (AvgIpc) is 3.00. The zero-order valence-corrected chi connectivity index (χ0v) is 15.4. The van der Waals surface area contributed by atoms with Crippen LogP contribution in [0.1, 0.15) is 9.67 Å². The van der Waals surface area contributed by atoms with Crippen LogP contribution in [0.5, 0.6) is 0 Å². The van der Waals surface area contributed by atoms with E-state index in [0.29, 0.717) is 37.2 Å². The van der Waals surface area contributed by atoms with Gasteiger partial charge in [-0.25, -0.2) is 9.37 Å². The molecule has 4 aromatic rings. The second-order valence-corrected chi connectivity index (χ2v) is 7.30. The molecule has 0 fully saturated rings. The van der Waals surface area contributed by atoms with E-state index in [-0.39, 0.29) is 11.7 Å². The Hall–Kier alpha value is -2.96. The van der Waals surface area contributed by atoms with Crippen LogP contribution < -0.4 is 11.1 Å². The second kappa shape index (κ2) is 6.98. The minimum Gasteiger partial charge on any atom is -0.397 e. The first-order chi connectivity index (χ1) is 13.0. The molecule has 0 aliphatic heterocycles. The average molecular weight is 398 g/mol.